The highest BCUT2D eigenvalue weighted by Crippen LogP contribution is 2.26. The van der Waals surface area contributed by atoms with Crippen molar-refractivity contribution in [2.75, 3.05) is 5.32 Å². The average molecular weight is 302 g/mol. The zero-order valence-electron chi connectivity index (χ0n) is 9.85. The molecule has 0 amide bonds. The first-order valence-electron chi connectivity index (χ1n) is 5.71. The smallest absolute Gasteiger partial charge is 0.283 e. The van der Waals surface area contributed by atoms with Crippen LogP contribution in [0.3, 0.4) is 0 Å². The van der Waals surface area contributed by atoms with E-state index in [0.29, 0.717) is 10.2 Å². The molecule has 1 saturated carbocycles. The Bertz CT molecular complexity index is 466. The summed E-state index contributed by atoms with van der Waals surface area (Å²) in [6, 6.07) is 0.274. The van der Waals surface area contributed by atoms with Crippen LogP contribution in [-0.2, 0) is 0 Å². The first-order valence-corrected chi connectivity index (χ1v) is 6.50. The topological polar surface area (TPSA) is 67.2 Å². The maximum absolute atomic E-state index is 11.9. The van der Waals surface area contributed by atoms with E-state index < -0.39 is 0 Å². The molecule has 17 heavy (non-hydrogen) atoms. The van der Waals surface area contributed by atoms with Crippen molar-refractivity contribution in [2.24, 2.45) is 0 Å². The predicted molar refractivity (Wildman–Crippen MR) is 69.2 cm³/mol. The summed E-state index contributed by atoms with van der Waals surface area (Å²) in [6.07, 6.45) is 2.88. The molecule has 0 radical (unpaired) electrons. The van der Waals surface area contributed by atoms with Gasteiger partial charge in [0.05, 0.1) is 24.0 Å². The maximum atomic E-state index is 11.9. The lowest BCUT2D eigenvalue weighted by molar-refractivity contribution is 0.0836. The monoisotopic (exact) mass is 301 g/mol. The zero-order valence-corrected chi connectivity index (χ0v) is 11.4. The van der Waals surface area contributed by atoms with E-state index in [1.807, 2.05) is 13.8 Å². The number of aliphatic hydroxyl groups is 1. The Kier molecular flexibility index (Phi) is 3.53. The Balaban J connectivity index is 2.19. The summed E-state index contributed by atoms with van der Waals surface area (Å²) in [5.41, 5.74) is 0.564. The van der Waals surface area contributed by atoms with E-state index in [9.17, 15) is 9.90 Å². The van der Waals surface area contributed by atoms with Crippen molar-refractivity contribution in [3.8, 4) is 0 Å². The van der Waals surface area contributed by atoms with Crippen LogP contribution in [0, 0.1) is 0 Å². The highest BCUT2D eigenvalue weighted by molar-refractivity contribution is 9.10. The molecule has 94 valence electrons. The lowest BCUT2D eigenvalue weighted by atomic mass is 9.89. The first-order chi connectivity index (χ1) is 7.99. The molecular weight excluding hydrogens is 286 g/mol. The fraction of sp³-hybridized carbons (Fsp3) is 0.636. The van der Waals surface area contributed by atoms with Crippen LogP contribution in [0.4, 0.5) is 5.69 Å². The van der Waals surface area contributed by atoms with Crippen molar-refractivity contribution >= 4 is 21.6 Å². The molecule has 0 unspecified atom stereocenters. The molecule has 6 heteroatoms. The summed E-state index contributed by atoms with van der Waals surface area (Å²) in [4.78, 5) is 11.9. The second kappa shape index (κ2) is 4.78. The van der Waals surface area contributed by atoms with Crippen LogP contribution < -0.4 is 10.9 Å². The molecule has 0 aliphatic heterocycles. The number of halogens is 1. The van der Waals surface area contributed by atoms with E-state index in [0.717, 1.165) is 12.8 Å². The Morgan fingerprint density at radius 2 is 2.24 bits per heavy atom. The van der Waals surface area contributed by atoms with E-state index in [1.165, 1.54) is 4.68 Å². The molecule has 0 spiro atoms. The van der Waals surface area contributed by atoms with Crippen LogP contribution >= 0.6 is 15.9 Å². The molecule has 1 heterocycles. The molecule has 1 aromatic rings. The van der Waals surface area contributed by atoms with Gasteiger partial charge in [0.1, 0.15) is 4.47 Å². The van der Waals surface area contributed by atoms with E-state index in [1.54, 1.807) is 6.20 Å². The molecule has 1 aliphatic rings. The fourth-order valence-electron chi connectivity index (χ4n) is 1.84. The van der Waals surface area contributed by atoms with Gasteiger partial charge in [0.2, 0.25) is 0 Å². The van der Waals surface area contributed by atoms with Gasteiger partial charge in [0.25, 0.3) is 5.56 Å². The van der Waals surface area contributed by atoms with Crippen LogP contribution in [-0.4, -0.2) is 27.0 Å². The van der Waals surface area contributed by atoms with Crippen LogP contribution in [0.2, 0.25) is 0 Å². The molecule has 1 aliphatic carbocycles. The predicted octanol–water partition coefficient (Wildman–Crippen LogP) is 1.52. The third-order valence-corrected chi connectivity index (χ3v) is 3.67. The Morgan fingerprint density at radius 1 is 1.59 bits per heavy atom. The zero-order chi connectivity index (χ0) is 12.6. The Labute approximate surface area is 108 Å². The van der Waals surface area contributed by atoms with Crippen molar-refractivity contribution in [3.63, 3.8) is 0 Å². The van der Waals surface area contributed by atoms with Gasteiger partial charge >= 0.3 is 0 Å². The van der Waals surface area contributed by atoms with Gasteiger partial charge in [-0.05, 0) is 42.6 Å². The third-order valence-electron chi connectivity index (χ3n) is 2.91. The largest absolute Gasteiger partial charge is 0.393 e. The molecule has 0 atom stereocenters. The molecule has 5 nitrogen and oxygen atoms in total. The van der Waals surface area contributed by atoms with Gasteiger partial charge in [0, 0.05) is 6.04 Å². The van der Waals surface area contributed by atoms with Gasteiger partial charge in [-0.2, -0.15) is 5.10 Å². The van der Waals surface area contributed by atoms with E-state index >= 15 is 0 Å². The fourth-order valence-corrected chi connectivity index (χ4v) is 2.24. The number of anilines is 1. The first kappa shape index (κ1) is 12.6. The molecule has 1 fully saturated rings. The Hall–Kier alpha value is -0.880. The summed E-state index contributed by atoms with van der Waals surface area (Å²) >= 11 is 3.30. The molecule has 0 aromatic carbocycles. The van der Waals surface area contributed by atoms with Crippen molar-refractivity contribution in [3.05, 3.63) is 21.0 Å². The van der Waals surface area contributed by atoms with Crippen LogP contribution in [0.25, 0.3) is 0 Å². The van der Waals surface area contributed by atoms with E-state index in [2.05, 4.69) is 26.3 Å². The van der Waals surface area contributed by atoms with E-state index in [4.69, 9.17) is 0 Å². The second-order valence-electron chi connectivity index (χ2n) is 4.68. The molecular formula is C11H16BrN3O2. The summed E-state index contributed by atoms with van der Waals surface area (Å²) in [7, 11) is 0. The number of rotatable bonds is 3. The molecule has 1 aromatic heterocycles. The lowest BCUT2D eigenvalue weighted by Gasteiger charge is -2.32. The number of aliphatic hydroxyl groups excluding tert-OH is 1. The summed E-state index contributed by atoms with van der Waals surface area (Å²) in [6.45, 7) is 3.83. The minimum absolute atomic E-state index is 0.0402. The third kappa shape index (κ3) is 2.52. The van der Waals surface area contributed by atoms with Gasteiger partial charge in [-0.25, -0.2) is 4.68 Å². The van der Waals surface area contributed by atoms with Gasteiger partial charge in [0.15, 0.2) is 0 Å². The minimum Gasteiger partial charge on any atom is -0.393 e. The van der Waals surface area contributed by atoms with Gasteiger partial charge < -0.3 is 10.4 Å². The summed E-state index contributed by atoms with van der Waals surface area (Å²) in [5, 5.41) is 16.5. The molecule has 2 N–H and O–H groups in total. The van der Waals surface area contributed by atoms with Crippen LogP contribution in [0.1, 0.15) is 32.7 Å². The lowest BCUT2D eigenvalue weighted by Crippen LogP contribution is -2.39. The van der Waals surface area contributed by atoms with Crippen molar-refractivity contribution in [2.45, 2.75) is 44.9 Å². The highest BCUT2D eigenvalue weighted by Gasteiger charge is 2.27. The van der Waals surface area contributed by atoms with E-state index in [-0.39, 0.29) is 23.7 Å². The number of nitrogens with one attached hydrogen (secondary N) is 1. The SMILES string of the molecule is CC(C)n1ncc(NC2CC(O)C2)c(Br)c1=O. The highest BCUT2D eigenvalue weighted by atomic mass is 79.9. The average Bonchev–Trinajstić information content (AvgIpc) is 2.22. The minimum atomic E-state index is -0.213. The van der Waals surface area contributed by atoms with Crippen LogP contribution in [0.5, 0.6) is 0 Å². The molecule has 0 saturated heterocycles. The van der Waals surface area contributed by atoms with Gasteiger partial charge in [-0.1, -0.05) is 0 Å². The number of nitrogens with zero attached hydrogens (tertiary/aromatic N) is 2. The van der Waals surface area contributed by atoms with Gasteiger partial charge in [-0.3, -0.25) is 4.79 Å². The number of hydrogen-bond acceptors (Lipinski definition) is 4. The van der Waals surface area contributed by atoms with Crippen molar-refractivity contribution in [1.29, 1.82) is 0 Å². The van der Waals surface area contributed by atoms with Crippen molar-refractivity contribution in [1.82, 2.24) is 9.78 Å². The van der Waals surface area contributed by atoms with Crippen molar-refractivity contribution < 1.29 is 5.11 Å². The molecule has 2 rings (SSSR count). The maximum Gasteiger partial charge on any atom is 0.283 e. The normalized spacial score (nSPS) is 23.6. The number of hydrogen-bond donors (Lipinski definition) is 2. The Morgan fingerprint density at radius 3 is 2.76 bits per heavy atom. The second-order valence-corrected chi connectivity index (χ2v) is 5.48. The summed E-state index contributed by atoms with van der Waals surface area (Å²) < 4.78 is 1.94. The van der Waals surface area contributed by atoms with Gasteiger partial charge in [-0.15, -0.1) is 0 Å². The quantitative estimate of drug-likeness (QED) is 0.888. The number of aromatic nitrogens is 2. The molecule has 0 bridgehead atoms. The summed E-state index contributed by atoms with van der Waals surface area (Å²) in [5.74, 6) is 0. The van der Waals surface area contributed by atoms with Crippen LogP contribution in [0.15, 0.2) is 15.5 Å². The standard InChI is InChI=1S/C11H16BrN3O2/c1-6(2)15-11(17)10(12)9(5-13-15)14-7-3-8(16)4-7/h5-8,14,16H,3-4H2,1-2H3.